The molecule has 3 aliphatic carbocycles. The highest BCUT2D eigenvalue weighted by molar-refractivity contribution is 5.82. The summed E-state index contributed by atoms with van der Waals surface area (Å²) in [4.78, 5) is 20.1. The van der Waals surface area contributed by atoms with Crippen molar-refractivity contribution in [1.82, 2.24) is 15.0 Å². The fourth-order valence-corrected chi connectivity index (χ4v) is 6.87. The first-order valence-corrected chi connectivity index (χ1v) is 11.7. The van der Waals surface area contributed by atoms with Crippen LogP contribution in [0.2, 0.25) is 0 Å². The van der Waals surface area contributed by atoms with Gasteiger partial charge in [0, 0.05) is 36.3 Å². The largest absolute Gasteiger partial charge is 0.339 e. The van der Waals surface area contributed by atoms with Gasteiger partial charge in [0.2, 0.25) is 11.8 Å². The minimum Gasteiger partial charge on any atom is -0.339 e. The molecule has 4 fully saturated rings. The molecule has 0 radical (unpaired) electrons. The van der Waals surface area contributed by atoms with E-state index in [2.05, 4.69) is 54.2 Å². The normalized spacial score (nSPS) is 35.2. The number of carbonyl (C=O) groups excluding carboxylic acids is 1. The number of likely N-dealkylation sites (tertiary alicyclic amines) is 1. The minimum atomic E-state index is 0.145. The quantitative estimate of drug-likeness (QED) is 0.728. The van der Waals surface area contributed by atoms with Crippen LogP contribution >= 0.6 is 0 Å². The lowest BCUT2D eigenvalue weighted by Gasteiger charge is -2.25. The molecule has 158 valence electrons. The first-order valence-electron chi connectivity index (χ1n) is 11.7. The summed E-state index contributed by atoms with van der Waals surface area (Å²) in [6.07, 6.45) is 6.84. The highest BCUT2D eigenvalue weighted by Gasteiger charge is 2.61. The summed E-state index contributed by atoms with van der Waals surface area (Å²) < 4.78 is 5.77. The SMILES string of the molecule is CC1(C)[C@@H](c2ccccc2)[C@@H]1c1noc(C2CC3CN(C4CCCC4)C(=O)C3C2)n1. The highest BCUT2D eigenvalue weighted by Crippen LogP contribution is 2.69. The highest BCUT2D eigenvalue weighted by atomic mass is 16.5. The van der Waals surface area contributed by atoms with Gasteiger partial charge in [0.1, 0.15) is 0 Å². The average molecular weight is 406 g/mol. The molecule has 1 aliphatic heterocycles. The average Bonchev–Trinajstić information content (AvgIpc) is 3.37. The second-order valence-electron chi connectivity index (χ2n) is 10.6. The van der Waals surface area contributed by atoms with Crippen molar-refractivity contribution in [2.75, 3.05) is 6.54 Å². The predicted molar refractivity (Wildman–Crippen MR) is 113 cm³/mol. The number of hydrogen-bond acceptors (Lipinski definition) is 4. The molecule has 3 saturated carbocycles. The maximum Gasteiger partial charge on any atom is 0.229 e. The zero-order valence-corrected chi connectivity index (χ0v) is 18.0. The van der Waals surface area contributed by atoms with E-state index in [4.69, 9.17) is 9.51 Å². The number of aromatic nitrogens is 2. The molecule has 30 heavy (non-hydrogen) atoms. The molecule has 5 nitrogen and oxygen atoms in total. The first-order chi connectivity index (χ1) is 14.5. The molecule has 6 rings (SSSR count). The number of benzene rings is 1. The molecule has 5 atom stereocenters. The summed E-state index contributed by atoms with van der Waals surface area (Å²) in [6.45, 7) is 5.53. The molecule has 5 heteroatoms. The third kappa shape index (κ3) is 2.77. The number of rotatable bonds is 4. The van der Waals surface area contributed by atoms with E-state index in [0.29, 0.717) is 29.7 Å². The van der Waals surface area contributed by atoms with Crippen LogP contribution in [0.25, 0.3) is 0 Å². The molecule has 0 spiro atoms. The van der Waals surface area contributed by atoms with E-state index in [1.54, 1.807) is 0 Å². The van der Waals surface area contributed by atoms with Crippen molar-refractivity contribution in [1.29, 1.82) is 0 Å². The Bertz CT molecular complexity index is 946. The summed E-state index contributed by atoms with van der Waals surface area (Å²) in [5, 5.41) is 4.40. The maximum atomic E-state index is 13.0. The Balaban J connectivity index is 1.16. The van der Waals surface area contributed by atoms with Crippen molar-refractivity contribution in [2.45, 2.75) is 76.2 Å². The van der Waals surface area contributed by atoms with Gasteiger partial charge in [0.15, 0.2) is 5.82 Å². The van der Waals surface area contributed by atoms with Crippen LogP contribution in [0.1, 0.15) is 87.4 Å². The van der Waals surface area contributed by atoms with Crippen LogP contribution in [0.15, 0.2) is 34.9 Å². The van der Waals surface area contributed by atoms with Crippen LogP contribution in [-0.4, -0.2) is 33.5 Å². The Morgan fingerprint density at radius 2 is 1.83 bits per heavy atom. The predicted octanol–water partition coefficient (Wildman–Crippen LogP) is 4.87. The van der Waals surface area contributed by atoms with Crippen LogP contribution < -0.4 is 0 Å². The monoisotopic (exact) mass is 405 g/mol. The van der Waals surface area contributed by atoms with Crippen LogP contribution in [0.5, 0.6) is 0 Å². The summed E-state index contributed by atoms with van der Waals surface area (Å²) >= 11 is 0. The Morgan fingerprint density at radius 1 is 1.07 bits per heavy atom. The molecule has 0 bridgehead atoms. The van der Waals surface area contributed by atoms with Gasteiger partial charge < -0.3 is 9.42 Å². The second-order valence-corrected chi connectivity index (χ2v) is 10.6. The molecule has 1 amide bonds. The van der Waals surface area contributed by atoms with Crippen molar-refractivity contribution >= 4 is 5.91 Å². The molecular weight excluding hydrogens is 374 g/mol. The summed E-state index contributed by atoms with van der Waals surface area (Å²) in [6, 6.07) is 11.2. The molecule has 1 saturated heterocycles. The maximum absolute atomic E-state index is 13.0. The fourth-order valence-electron chi connectivity index (χ4n) is 6.87. The third-order valence-corrected chi connectivity index (χ3v) is 8.56. The number of nitrogens with zero attached hydrogens (tertiary/aromatic N) is 3. The molecule has 4 aliphatic rings. The van der Waals surface area contributed by atoms with Crippen molar-refractivity contribution in [3.8, 4) is 0 Å². The summed E-state index contributed by atoms with van der Waals surface area (Å²) in [5.74, 6) is 3.61. The van der Waals surface area contributed by atoms with E-state index in [1.165, 1.54) is 31.2 Å². The number of hydrogen-bond donors (Lipinski definition) is 0. The van der Waals surface area contributed by atoms with Crippen LogP contribution in [0, 0.1) is 17.3 Å². The van der Waals surface area contributed by atoms with Gasteiger partial charge in [-0.15, -0.1) is 0 Å². The van der Waals surface area contributed by atoms with E-state index in [9.17, 15) is 4.79 Å². The van der Waals surface area contributed by atoms with Crippen molar-refractivity contribution in [2.24, 2.45) is 17.3 Å². The van der Waals surface area contributed by atoms with E-state index >= 15 is 0 Å². The van der Waals surface area contributed by atoms with E-state index in [1.807, 2.05) is 0 Å². The molecule has 0 N–H and O–H groups in total. The third-order valence-electron chi connectivity index (χ3n) is 8.56. The van der Waals surface area contributed by atoms with Crippen LogP contribution in [-0.2, 0) is 4.79 Å². The van der Waals surface area contributed by atoms with Crippen LogP contribution in [0.3, 0.4) is 0 Å². The number of carbonyl (C=O) groups is 1. The van der Waals surface area contributed by atoms with E-state index < -0.39 is 0 Å². The van der Waals surface area contributed by atoms with Gasteiger partial charge in [-0.3, -0.25) is 4.79 Å². The van der Waals surface area contributed by atoms with Crippen LogP contribution in [0.4, 0.5) is 0 Å². The molecule has 2 aromatic rings. The zero-order valence-electron chi connectivity index (χ0n) is 18.0. The lowest BCUT2D eigenvalue weighted by atomic mass is 10.0. The number of amides is 1. The molecule has 1 aromatic heterocycles. The zero-order chi connectivity index (χ0) is 20.5. The van der Waals surface area contributed by atoms with E-state index in [0.717, 1.165) is 31.1 Å². The van der Waals surface area contributed by atoms with Gasteiger partial charge in [-0.2, -0.15) is 4.98 Å². The van der Waals surface area contributed by atoms with Gasteiger partial charge in [-0.1, -0.05) is 62.2 Å². The standard InChI is InChI=1S/C25H31N3O2/c1-25(2)20(15-8-4-3-5-9-15)21(25)22-26-23(30-27-22)16-12-17-14-28(18-10-6-7-11-18)24(29)19(17)13-16/h3-5,8-9,16-21H,6-7,10-14H2,1-2H3/t16?,17?,19?,20-,21+/m0/s1. The molecular formula is C25H31N3O2. The summed E-state index contributed by atoms with van der Waals surface area (Å²) in [7, 11) is 0. The second kappa shape index (κ2) is 6.66. The fraction of sp³-hybridized carbons (Fsp3) is 0.640. The Hall–Kier alpha value is -2.17. The summed E-state index contributed by atoms with van der Waals surface area (Å²) in [5.41, 5.74) is 1.50. The van der Waals surface area contributed by atoms with Gasteiger partial charge in [0.25, 0.3) is 0 Å². The lowest BCUT2D eigenvalue weighted by Crippen LogP contribution is -2.36. The van der Waals surface area contributed by atoms with Gasteiger partial charge in [0.05, 0.1) is 0 Å². The number of fused-ring (bicyclic) bond motifs is 1. The van der Waals surface area contributed by atoms with Crippen molar-refractivity contribution in [3.05, 3.63) is 47.6 Å². The van der Waals surface area contributed by atoms with Crippen molar-refractivity contribution < 1.29 is 9.32 Å². The Kier molecular flexibility index (Phi) is 4.13. The van der Waals surface area contributed by atoms with Gasteiger partial charge in [-0.05, 0) is 42.6 Å². The Labute approximate surface area is 178 Å². The molecule has 3 unspecified atom stereocenters. The van der Waals surface area contributed by atoms with Gasteiger partial charge in [-0.25, -0.2) is 0 Å². The minimum absolute atomic E-state index is 0.145. The lowest BCUT2D eigenvalue weighted by molar-refractivity contribution is -0.133. The first kappa shape index (κ1) is 18.6. The smallest absolute Gasteiger partial charge is 0.229 e. The molecule has 1 aromatic carbocycles. The Morgan fingerprint density at radius 3 is 2.57 bits per heavy atom. The topological polar surface area (TPSA) is 59.2 Å². The van der Waals surface area contributed by atoms with Crippen molar-refractivity contribution in [3.63, 3.8) is 0 Å². The molecule has 2 heterocycles. The van der Waals surface area contributed by atoms with E-state index in [-0.39, 0.29) is 17.3 Å². The van der Waals surface area contributed by atoms with Gasteiger partial charge >= 0.3 is 0 Å².